The van der Waals surface area contributed by atoms with Crippen molar-refractivity contribution in [3.63, 3.8) is 0 Å². The molecule has 0 saturated heterocycles. The van der Waals surface area contributed by atoms with Gasteiger partial charge in [-0.3, -0.25) is 0 Å². The first kappa shape index (κ1) is 21.6. The first-order valence-electron chi connectivity index (χ1n) is 8.75. The maximum Gasteiger partial charge on any atom is 0.347 e. The molecule has 8 heteroatoms. The van der Waals surface area contributed by atoms with Gasteiger partial charge in [0.25, 0.3) is 0 Å². The highest BCUT2D eigenvalue weighted by molar-refractivity contribution is 7.86. The van der Waals surface area contributed by atoms with Crippen molar-refractivity contribution < 1.29 is 32.0 Å². The predicted molar refractivity (Wildman–Crippen MR) is 105 cm³/mol. The summed E-state index contributed by atoms with van der Waals surface area (Å²) < 4.78 is 38.2. The van der Waals surface area contributed by atoms with E-state index in [0.29, 0.717) is 30.9 Å². The van der Waals surface area contributed by atoms with Crippen LogP contribution in [0.25, 0.3) is 0 Å². The van der Waals surface area contributed by atoms with Gasteiger partial charge < -0.3 is 18.8 Å². The maximum atomic E-state index is 11.3. The molecule has 0 aliphatic carbocycles. The van der Waals surface area contributed by atoms with Crippen molar-refractivity contribution in [3.8, 4) is 17.2 Å². The molecule has 0 aliphatic rings. The molecule has 0 amide bonds. The van der Waals surface area contributed by atoms with Crippen LogP contribution in [0.5, 0.6) is 17.2 Å². The number of rotatable bonds is 10. The van der Waals surface area contributed by atoms with E-state index in [4.69, 9.17) is 13.7 Å². The van der Waals surface area contributed by atoms with E-state index < -0.39 is 21.7 Å². The van der Waals surface area contributed by atoms with Crippen LogP contribution in [0.3, 0.4) is 0 Å². The van der Waals surface area contributed by atoms with Gasteiger partial charge >= 0.3 is 16.1 Å². The summed E-state index contributed by atoms with van der Waals surface area (Å²) in [6.45, 7) is 3.71. The van der Waals surface area contributed by atoms with E-state index in [0.717, 1.165) is 11.8 Å². The molecule has 0 bridgehead atoms. The van der Waals surface area contributed by atoms with E-state index in [9.17, 15) is 18.3 Å². The molecule has 0 heterocycles. The third-order valence-electron chi connectivity index (χ3n) is 4.12. The topological polar surface area (TPSA) is 99.1 Å². The summed E-state index contributed by atoms with van der Waals surface area (Å²) in [7, 11) is -3.53. The van der Waals surface area contributed by atoms with E-state index >= 15 is 0 Å². The molecular formula is C20H24O7S. The van der Waals surface area contributed by atoms with Crippen molar-refractivity contribution in [2.45, 2.75) is 32.3 Å². The zero-order chi connectivity index (χ0) is 20.8. The van der Waals surface area contributed by atoms with Gasteiger partial charge in [-0.1, -0.05) is 19.1 Å². The van der Waals surface area contributed by atoms with Crippen molar-refractivity contribution >= 4 is 16.1 Å². The normalized spacial score (nSPS) is 13.4. The summed E-state index contributed by atoms with van der Waals surface area (Å²) in [6, 6.07) is 13.5. The van der Waals surface area contributed by atoms with Gasteiger partial charge in [-0.2, -0.15) is 8.42 Å². The summed E-state index contributed by atoms with van der Waals surface area (Å²) in [4.78, 5) is 11.3. The van der Waals surface area contributed by atoms with Crippen LogP contribution in [-0.4, -0.2) is 38.0 Å². The molecule has 152 valence electrons. The second-order valence-corrected chi connectivity index (χ2v) is 8.07. The summed E-state index contributed by atoms with van der Waals surface area (Å²) >= 11 is 0. The number of carboxylic acids is 1. The quantitative estimate of drug-likeness (QED) is 0.602. The highest BCUT2D eigenvalue weighted by Crippen LogP contribution is 2.24. The molecule has 0 fully saturated rings. The molecule has 0 aromatic heterocycles. The highest BCUT2D eigenvalue weighted by Gasteiger charge is 2.33. The molecule has 1 atom stereocenters. The average molecular weight is 408 g/mol. The van der Waals surface area contributed by atoms with Crippen molar-refractivity contribution in [1.82, 2.24) is 0 Å². The van der Waals surface area contributed by atoms with Crippen LogP contribution in [0.2, 0.25) is 0 Å². The fraction of sp³-hybridized carbons (Fsp3) is 0.350. The van der Waals surface area contributed by atoms with Crippen molar-refractivity contribution in [3.05, 3.63) is 54.1 Å². The van der Waals surface area contributed by atoms with Gasteiger partial charge in [-0.25, -0.2) is 4.79 Å². The van der Waals surface area contributed by atoms with Gasteiger partial charge in [-0.05, 0) is 55.3 Å². The number of carboxylic acid groups (broad SMARTS) is 1. The zero-order valence-corrected chi connectivity index (χ0v) is 16.9. The van der Waals surface area contributed by atoms with E-state index in [-0.39, 0.29) is 5.75 Å². The second kappa shape index (κ2) is 8.97. The van der Waals surface area contributed by atoms with Crippen LogP contribution in [0.15, 0.2) is 48.5 Å². The Morgan fingerprint density at radius 1 is 1.00 bits per heavy atom. The van der Waals surface area contributed by atoms with Gasteiger partial charge in [0, 0.05) is 6.42 Å². The van der Waals surface area contributed by atoms with Gasteiger partial charge in [-0.15, -0.1) is 0 Å². The summed E-state index contributed by atoms with van der Waals surface area (Å²) in [6.07, 6.45) is 1.97. The molecule has 0 radical (unpaired) electrons. The lowest BCUT2D eigenvalue weighted by Gasteiger charge is -2.24. The molecule has 2 aromatic rings. The largest absolute Gasteiger partial charge is 0.493 e. The van der Waals surface area contributed by atoms with Crippen molar-refractivity contribution in [1.29, 1.82) is 0 Å². The Hall–Kier alpha value is -2.74. The first-order valence-corrected chi connectivity index (χ1v) is 10.6. The molecule has 2 aromatic carbocycles. The Bertz CT molecular complexity index is 889. The Morgan fingerprint density at radius 2 is 1.54 bits per heavy atom. The van der Waals surface area contributed by atoms with Gasteiger partial charge in [0.2, 0.25) is 5.60 Å². The number of carbonyl (C=O) groups is 1. The molecule has 2 rings (SSSR count). The molecule has 0 saturated carbocycles. The molecule has 1 unspecified atom stereocenters. The minimum absolute atomic E-state index is 0.267. The van der Waals surface area contributed by atoms with E-state index in [1.165, 1.54) is 6.92 Å². The Morgan fingerprint density at radius 3 is 2.04 bits per heavy atom. The van der Waals surface area contributed by atoms with E-state index in [1.807, 2.05) is 0 Å². The predicted octanol–water partition coefficient (Wildman–Crippen LogP) is 3.28. The summed E-state index contributed by atoms with van der Waals surface area (Å²) in [5.41, 5.74) is -0.295. The third kappa shape index (κ3) is 6.45. The monoisotopic (exact) mass is 408 g/mol. The van der Waals surface area contributed by atoms with Crippen LogP contribution in [0.1, 0.15) is 25.8 Å². The SMILES string of the molecule is CCC(C)(Oc1ccc(OCCc2ccc(OS(C)(=O)=O)cc2)cc1)C(=O)O. The molecule has 1 N–H and O–H groups in total. The molecule has 0 spiro atoms. The van der Waals surface area contributed by atoms with Crippen LogP contribution < -0.4 is 13.7 Å². The van der Waals surface area contributed by atoms with Gasteiger partial charge in [0.1, 0.15) is 17.2 Å². The molecule has 28 heavy (non-hydrogen) atoms. The van der Waals surface area contributed by atoms with Gasteiger partial charge in [0.05, 0.1) is 12.9 Å². The van der Waals surface area contributed by atoms with Crippen LogP contribution in [0.4, 0.5) is 0 Å². The lowest BCUT2D eigenvalue weighted by atomic mass is 10.0. The van der Waals surface area contributed by atoms with E-state index in [1.54, 1.807) is 55.5 Å². The minimum atomic E-state index is -3.53. The molecular weight excluding hydrogens is 384 g/mol. The van der Waals surface area contributed by atoms with Crippen LogP contribution >= 0.6 is 0 Å². The molecule has 7 nitrogen and oxygen atoms in total. The number of hydrogen-bond donors (Lipinski definition) is 1. The number of benzene rings is 2. The standard InChI is InChI=1S/C20H24O7S/c1-4-20(2,19(21)22)26-17-11-9-16(10-12-17)25-14-13-15-5-7-18(8-6-15)27-28(3,23)24/h5-12H,4,13-14H2,1-3H3,(H,21,22). The van der Waals surface area contributed by atoms with Crippen molar-refractivity contribution in [2.24, 2.45) is 0 Å². The fourth-order valence-electron chi connectivity index (χ4n) is 2.30. The average Bonchev–Trinajstić information content (AvgIpc) is 2.63. The molecule has 0 aliphatic heterocycles. The zero-order valence-electron chi connectivity index (χ0n) is 16.0. The van der Waals surface area contributed by atoms with E-state index in [2.05, 4.69) is 0 Å². The smallest absolute Gasteiger partial charge is 0.347 e. The lowest BCUT2D eigenvalue weighted by molar-refractivity contribution is -0.154. The lowest BCUT2D eigenvalue weighted by Crippen LogP contribution is -2.40. The highest BCUT2D eigenvalue weighted by atomic mass is 32.2. The van der Waals surface area contributed by atoms with Gasteiger partial charge in [0.15, 0.2) is 0 Å². The second-order valence-electron chi connectivity index (χ2n) is 6.49. The number of aliphatic carboxylic acids is 1. The Labute approximate surface area is 165 Å². The summed E-state index contributed by atoms with van der Waals surface area (Å²) in [5, 5.41) is 9.26. The first-order chi connectivity index (χ1) is 13.1. The van der Waals surface area contributed by atoms with Crippen LogP contribution in [0, 0.1) is 0 Å². The summed E-state index contributed by atoms with van der Waals surface area (Å²) in [5.74, 6) is 0.352. The Balaban J connectivity index is 1.86. The fourth-order valence-corrected chi connectivity index (χ4v) is 2.76. The Kier molecular flexibility index (Phi) is 6.90. The number of ether oxygens (including phenoxy) is 2. The van der Waals surface area contributed by atoms with Crippen LogP contribution in [-0.2, 0) is 21.3 Å². The third-order valence-corrected chi connectivity index (χ3v) is 4.62. The number of hydrogen-bond acceptors (Lipinski definition) is 6. The minimum Gasteiger partial charge on any atom is -0.493 e. The maximum absolute atomic E-state index is 11.3. The van der Waals surface area contributed by atoms with Crippen molar-refractivity contribution in [2.75, 3.05) is 12.9 Å².